The van der Waals surface area contributed by atoms with Gasteiger partial charge in [-0.2, -0.15) is 0 Å². The molecule has 0 amide bonds. The molecule has 1 aliphatic rings. The number of anilines is 3. The van der Waals surface area contributed by atoms with Crippen molar-refractivity contribution >= 4 is 17.1 Å². The minimum Gasteiger partial charge on any atom is -0.310 e. The summed E-state index contributed by atoms with van der Waals surface area (Å²) in [6.45, 7) is 8.19. The Morgan fingerprint density at radius 1 is 0.509 bits per heavy atom. The van der Waals surface area contributed by atoms with Crippen LogP contribution >= 0.6 is 0 Å². The van der Waals surface area contributed by atoms with E-state index < -0.39 is 0 Å². The Kier molecular flexibility index (Phi) is 9.56. The zero-order valence-electron chi connectivity index (χ0n) is 30.4. The average Bonchev–Trinajstić information content (AvgIpc) is 3.54. The molecule has 1 heteroatoms. The van der Waals surface area contributed by atoms with Crippen LogP contribution in [-0.4, -0.2) is 0 Å². The van der Waals surface area contributed by atoms with Crippen molar-refractivity contribution in [2.45, 2.75) is 26.2 Å². The van der Waals surface area contributed by atoms with E-state index in [4.69, 9.17) is 0 Å². The van der Waals surface area contributed by atoms with Gasteiger partial charge in [0.05, 0.1) is 5.69 Å². The summed E-state index contributed by atoms with van der Waals surface area (Å²) in [4.78, 5) is 2.47. The van der Waals surface area contributed by atoms with E-state index in [0.29, 0.717) is 0 Å². The van der Waals surface area contributed by atoms with E-state index >= 15 is 0 Å². The van der Waals surface area contributed by atoms with Crippen LogP contribution in [0.3, 0.4) is 0 Å². The molecule has 0 fully saturated rings. The van der Waals surface area contributed by atoms with Crippen molar-refractivity contribution in [1.29, 1.82) is 0 Å². The summed E-state index contributed by atoms with van der Waals surface area (Å²) in [7, 11) is 0. The molecule has 53 heavy (non-hydrogen) atoms. The fraction of sp³-hybridized carbons (Fsp3) is 0.0769. The molecule has 0 radical (unpaired) electrons. The molecule has 0 bridgehead atoms. The lowest BCUT2D eigenvalue weighted by Crippen LogP contribution is -2.12. The topological polar surface area (TPSA) is 3.24 Å². The molecule has 8 rings (SSSR count). The number of fused-ring (bicyclic) bond motifs is 3. The summed E-state index contributed by atoms with van der Waals surface area (Å²) < 4.78 is 0. The van der Waals surface area contributed by atoms with Gasteiger partial charge in [-0.15, -0.1) is 0 Å². The molecule has 0 spiro atoms. The van der Waals surface area contributed by atoms with Crippen LogP contribution in [0.4, 0.5) is 17.1 Å². The van der Waals surface area contributed by atoms with Crippen molar-refractivity contribution in [3.8, 4) is 33.4 Å². The molecule has 7 aromatic rings. The zero-order valence-corrected chi connectivity index (χ0v) is 30.4. The van der Waals surface area contributed by atoms with Crippen molar-refractivity contribution in [3.63, 3.8) is 0 Å². The van der Waals surface area contributed by atoms with Crippen LogP contribution in [0.1, 0.15) is 39.3 Å². The van der Waals surface area contributed by atoms with Crippen molar-refractivity contribution < 1.29 is 0 Å². The van der Waals surface area contributed by atoms with E-state index in [-0.39, 0.29) is 5.92 Å². The van der Waals surface area contributed by atoms with E-state index in [2.05, 4.69) is 201 Å². The molecule has 0 aliphatic heterocycles. The van der Waals surface area contributed by atoms with Gasteiger partial charge in [0.2, 0.25) is 0 Å². The van der Waals surface area contributed by atoms with Crippen LogP contribution in [-0.2, 0) is 6.42 Å². The number of aryl methyl sites for hydroxylation is 2. The predicted molar refractivity (Wildman–Crippen MR) is 226 cm³/mol. The lowest BCUT2D eigenvalue weighted by Gasteiger charge is -2.29. The van der Waals surface area contributed by atoms with Gasteiger partial charge in [-0.3, -0.25) is 0 Å². The molecule has 1 aliphatic carbocycles. The van der Waals surface area contributed by atoms with E-state index in [9.17, 15) is 0 Å². The first-order chi connectivity index (χ1) is 26.1. The highest BCUT2D eigenvalue weighted by Crippen LogP contribution is 2.55. The maximum atomic E-state index is 3.77. The third-order valence-corrected chi connectivity index (χ3v) is 10.5. The monoisotopic (exact) mass is 681 g/mol. The molecule has 7 aromatic carbocycles. The van der Waals surface area contributed by atoms with Gasteiger partial charge in [-0.05, 0) is 112 Å². The van der Waals surface area contributed by atoms with E-state index in [1.54, 1.807) is 6.08 Å². The molecule has 0 saturated carbocycles. The van der Waals surface area contributed by atoms with E-state index in [1.165, 1.54) is 72.4 Å². The minimum atomic E-state index is 0.101. The largest absolute Gasteiger partial charge is 0.310 e. The summed E-state index contributed by atoms with van der Waals surface area (Å²) in [6, 6.07) is 60.3. The Bertz CT molecular complexity index is 2460. The Hall–Kier alpha value is -6.44. The van der Waals surface area contributed by atoms with E-state index in [0.717, 1.165) is 17.8 Å². The van der Waals surface area contributed by atoms with Gasteiger partial charge in [0.15, 0.2) is 0 Å². The van der Waals surface area contributed by atoms with Crippen LogP contribution in [0.25, 0.3) is 33.4 Å². The Morgan fingerprint density at radius 2 is 1.13 bits per heavy atom. The zero-order chi connectivity index (χ0) is 36.1. The first-order valence-electron chi connectivity index (χ1n) is 18.5. The van der Waals surface area contributed by atoms with Gasteiger partial charge in [-0.1, -0.05) is 170 Å². The summed E-state index contributed by atoms with van der Waals surface area (Å²) in [5.41, 5.74) is 18.8. The Labute approximate surface area is 314 Å². The standard InChI is InChI=1S/C52H43N/c1-4-5-6-7-9-20-39-31-34-41(35-32-39)53(42-33-30-38(3)49(36-42)43-23-13-12-19-37(43)2)50-29-18-28-48-51(46-26-16-17-27-47(46)52(48)50)45-25-15-14-24-44(45)40-21-10-8-11-22-40/h4-19,21-36,51H,1,20H2,2-3H3/b6-5-,9-7-. The SMILES string of the molecule is C=C/C=C\C=C/Cc1ccc(N(c2ccc(C)c(-c3ccccc3C)c2)c2cccc3c2-c2ccccc2C3c2ccccc2-c2ccccc2)cc1. The van der Waals surface area contributed by atoms with Gasteiger partial charge >= 0.3 is 0 Å². The highest BCUT2D eigenvalue weighted by molar-refractivity contribution is 5.96. The quantitative estimate of drug-likeness (QED) is 0.130. The first-order valence-corrected chi connectivity index (χ1v) is 18.5. The number of hydrogen-bond acceptors (Lipinski definition) is 1. The summed E-state index contributed by atoms with van der Waals surface area (Å²) in [5.74, 6) is 0.101. The number of hydrogen-bond donors (Lipinski definition) is 0. The van der Waals surface area contributed by atoms with Crippen molar-refractivity contribution in [2.24, 2.45) is 0 Å². The van der Waals surface area contributed by atoms with Crippen molar-refractivity contribution in [1.82, 2.24) is 0 Å². The molecule has 0 N–H and O–H groups in total. The molecule has 1 unspecified atom stereocenters. The molecule has 0 saturated heterocycles. The lowest BCUT2D eigenvalue weighted by molar-refractivity contribution is 1.02. The second-order valence-electron chi connectivity index (χ2n) is 13.8. The Morgan fingerprint density at radius 3 is 1.89 bits per heavy atom. The van der Waals surface area contributed by atoms with Crippen molar-refractivity contribution in [2.75, 3.05) is 4.90 Å². The van der Waals surface area contributed by atoms with Crippen LogP contribution in [0.2, 0.25) is 0 Å². The predicted octanol–water partition coefficient (Wildman–Crippen LogP) is 14.1. The molecule has 256 valence electrons. The van der Waals surface area contributed by atoms with Crippen LogP contribution in [0.5, 0.6) is 0 Å². The summed E-state index contributed by atoms with van der Waals surface area (Å²) in [5, 5.41) is 0. The van der Waals surface area contributed by atoms with Gasteiger partial charge in [0.25, 0.3) is 0 Å². The fourth-order valence-corrected chi connectivity index (χ4v) is 7.93. The van der Waals surface area contributed by atoms with Crippen LogP contribution in [0.15, 0.2) is 201 Å². The smallest absolute Gasteiger partial charge is 0.0543 e. The maximum Gasteiger partial charge on any atom is 0.0543 e. The third kappa shape index (κ3) is 6.59. The summed E-state index contributed by atoms with van der Waals surface area (Å²) in [6.07, 6.45) is 10.9. The van der Waals surface area contributed by atoms with Crippen LogP contribution in [0, 0.1) is 13.8 Å². The molecular weight excluding hydrogens is 639 g/mol. The number of rotatable bonds is 10. The molecule has 0 aromatic heterocycles. The van der Waals surface area contributed by atoms with Crippen LogP contribution < -0.4 is 4.90 Å². The molecule has 1 atom stereocenters. The average molecular weight is 682 g/mol. The second-order valence-corrected chi connectivity index (χ2v) is 13.8. The minimum absolute atomic E-state index is 0.101. The molecule has 0 heterocycles. The Balaban J connectivity index is 1.32. The van der Waals surface area contributed by atoms with Crippen molar-refractivity contribution in [3.05, 3.63) is 234 Å². The number of nitrogens with zero attached hydrogens (tertiary/aromatic N) is 1. The van der Waals surface area contributed by atoms with Gasteiger partial charge in [0, 0.05) is 22.9 Å². The maximum absolute atomic E-state index is 3.77. The highest BCUT2D eigenvalue weighted by Gasteiger charge is 2.34. The van der Waals surface area contributed by atoms with Gasteiger partial charge in [-0.25, -0.2) is 0 Å². The highest BCUT2D eigenvalue weighted by atomic mass is 15.1. The number of benzene rings is 7. The summed E-state index contributed by atoms with van der Waals surface area (Å²) >= 11 is 0. The lowest BCUT2D eigenvalue weighted by atomic mass is 9.84. The normalized spacial score (nSPS) is 13.3. The number of allylic oxidation sites excluding steroid dienone is 5. The first kappa shape index (κ1) is 33.7. The van der Waals surface area contributed by atoms with Gasteiger partial charge in [0.1, 0.15) is 0 Å². The fourth-order valence-electron chi connectivity index (χ4n) is 7.93. The molecule has 1 nitrogen and oxygen atoms in total. The van der Waals surface area contributed by atoms with E-state index in [1.807, 2.05) is 12.2 Å². The second kappa shape index (κ2) is 15.0. The molecular formula is C52H43N. The third-order valence-electron chi connectivity index (χ3n) is 10.5. The van der Waals surface area contributed by atoms with Gasteiger partial charge < -0.3 is 4.90 Å².